The fraction of sp³-hybridized carbons (Fsp3) is 0.125. The van der Waals surface area contributed by atoms with Crippen LogP contribution in [0.1, 0.15) is 26.3 Å². The quantitative estimate of drug-likeness (QED) is 0.558. The first kappa shape index (κ1) is 21.6. The van der Waals surface area contributed by atoms with E-state index in [4.69, 9.17) is 9.47 Å². The number of esters is 2. The van der Waals surface area contributed by atoms with Crippen molar-refractivity contribution in [1.82, 2.24) is 0 Å². The zero-order valence-electron chi connectivity index (χ0n) is 16.9. The number of ether oxygens (including phenoxy) is 3. The summed E-state index contributed by atoms with van der Waals surface area (Å²) >= 11 is 0. The summed E-state index contributed by atoms with van der Waals surface area (Å²) in [5, 5.41) is 2.54. The van der Waals surface area contributed by atoms with Crippen LogP contribution in [0.3, 0.4) is 0 Å². The van der Waals surface area contributed by atoms with Gasteiger partial charge in [-0.2, -0.15) is 0 Å². The summed E-state index contributed by atoms with van der Waals surface area (Å²) in [4.78, 5) is 36.1. The first-order valence-corrected chi connectivity index (χ1v) is 9.48. The lowest BCUT2D eigenvalue weighted by atomic mass is 10.2. The summed E-state index contributed by atoms with van der Waals surface area (Å²) in [6.07, 6.45) is 0. The average Bonchev–Trinajstić information content (AvgIpc) is 2.82. The fourth-order valence-corrected chi connectivity index (χ4v) is 2.71. The average molecular weight is 419 g/mol. The molecule has 31 heavy (non-hydrogen) atoms. The van der Waals surface area contributed by atoms with Crippen molar-refractivity contribution >= 4 is 23.5 Å². The van der Waals surface area contributed by atoms with Crippen LogP contribution in [0.5, 0.6) is 5.75 Å². The minimum Gasteiger partial charge on any atom is -0.489 e. The molecule has 0 aliphatic heterocycles. The molecule has 0 aromatic heterocycles. The molecule has 0 unspecified atom stereocenters. The number of methoxy groups -OCH3 is 1. The van der Waals surface area contributed by atoms with Gasteiger partial charge < -0.3 is 19.5 Å². The Balaban J connectivity index is 1.50. The van der Waals surface area contributed by atoms with Gasteiger partial charge in [0.1, 0.15) is 12.4 Å². The summed E-state index contributed by atoms with van der Waals surface area (Å²) in [6, 6.07) is 22.5. The lowest BCUT2D eigenvalue weighted by molar-refractivity contribution is -0.119. The lowest BCUT2D eigenvalue weighted by Crippen LogP contribution is -2.22. The normalized spacial score (nSPS) is 10.1. The van der Waals surface area contributed by atoms with Crippen molar-refractivity contribution < 1.29 is 28.6 Å². The Labute approximate surface area is 179 Å². The summed E-state index contributed by atoms with van der Waals surface area (Å²) in [5.41, 5.74) is 1.80. The van der Waals surface area contributed by atoms with E-state index in [1.54, 1.807) is 42.5 Å². The van der Waals surface area contributed by atoms with E-state index in [0.717, 1.165) is 5.56 Å². The molecule has 1 N–H and O–H groups in total. The predicted octanol–water partition coefficient (Wildman–Crippen LogP) is 3.85. The second-order valence-electron chi connectivity index (χ2n) is 6.46. The van der Waals surface area contributed by atoms with E-state index < -0.39 is 24.5 Å². The zero-order chi connectivity index (χ0) is 22.1. The van der Waals surface area contributed by atoms with Gasteiger partial charge >= 0.3 is 11.9 Å². The second-order valence-corrected chi connectivity index (χ2v) is 6.46. The van der Waals surface area contributed by atoms with E-state index in [0.29, 0.717) is 12.4 Å². The molecule has 0 aliphatic carbocycles. The third-order valence-electron chi connectivity index (χ3n) is 4.28. The molecule has 3 rings (SSSR count). The Morgan fingerprint density at radius 2 is 1.48 bits per heavy atom. The minimum absolute atomic E-state index is 0.204. The van der Waals surface area contributed by atoms with E-state index >= 15 is 0 Å². The monoisotopic (exact) mass is 419 g/mol. The Kier molecular flexibility index (Phi) is 7.37. The van der Waals surface area contributed by atoms with Gasteiger partial charge in [0.05, 0.1) is 23.9 Å². The predicted molar refractivity (Wildman–Crippen MR) is 114 cm³/mol. The van der Waals surface area contributed by atoms with E-state index in [2.05, 4.69) is 10.1 Å². The molecule has 7 nitrogen and oxygen atoms in total. The first-order valence-electron chi connectivity index (χ1n) is 9.48. The Morgan fingerprint density at radius 3 is 2.19 bits per heavy atom. The van der Waals surface area contributed by atoms with Crippen molar-refractivity contribution in [2.45, 2.75) is 6.61 Å². The van der Waals surface area contributed by atoms with Crippen LogP contribution in [0.25, 0.3) is 0 Å². The maximum absolute atomic E-state index is 12.2. The highest BCUT2D eigenvalue weighted by atomic mass is 16.5. The van der Waals surface area contributed by atoms with Gasteiger partial charge in [-0.05, 0) is 42.0 Å². The molecule has 0 heterocycles. The molecule has 1 amide bonds. The summed E-state index contributed by atoms with van der Waals surface area (Å²) in [6.45, 7) is -0.0849. The topological polar surface area (TPSA) is 90.9 Å². The van der Waals surface area contributed by atoms with Gasteiger partial charge in [0, 0.05) is 0 Å². The zero-order valence-corrected chi connectivity index (χ0v) is 16.9. The van der Waals surface area contributed by atoms with Crippen LogP contribution in [0.15, 0.2) is 78.9 Å². The standard InChI is InChI=1S/C24H21NO6/c1-29-24(28)20-9-5-6-10-21(20)25-22(26)16-31-23(27)18-11-13-19(14-12-18)30-15-17-7-3-2-4-8-17/h2-14H,15-16H2,1H3,(H,25,26). The van der Waals surface area contributed by atoms with Gasteiger partial charge in [-0.25, -0.2) is 9.59 Å². The van der Waals surface area contributed by atoms with Crippen molar-refractivity contribution in [3.63, 3.8) is 0 Å². The van der Waals surface area contributed by atoms with Gasteiger partial charge in [-0.1, -0.05) is 42.5 Å². The van der Waals surface area contributed by atoms with E-state index in [9.17, 15) is 14.4 Å². The van der Waals surface area contributed by atoms with Crippen LogP contribution in [0.2, 0.25) is 0 Å². The number of hydrogen-bond acceptors (Lipinski definition) is 6. The van der Waals surface area contributed by atoms with E-state index in [1.807, 2.05) is 30.3 Å². The molecular weight excluding hydrogens is 398 g/mol. The van der Waals surface area contributed by atoms with Crippen molar-refractivity contribution in [2.75, 3.05) is 19.0 Å². The summed E-state index contributed by atoms with van der Waals surface area (Å²) in [7, 11) is 1.25. The van der Waals surface area contributed by atoms with Gasteiger partial charge in [0.15, 0.2) is 6.61 Å². The maximum Gasteiger partial charge on any atom is 0.339 e. The van der Waals surface area contributed by atoms with E-state index in [1.165, 1.54) is 13.2 Å². The van der Waals surface area contributed by atoms with Crippen LogP contribution in [0, 0.1) is 0 Å². The number of carbonyl (C=O) groups excluding carboxylic acids is 3. The summed E-state index contributed by atoms with van der Waals surface area (Å²) in [5.74, 6) is -1.20. The highest BCUT2D eigenvalue weighted by molar-refractivity contribution is 6.02. The third kappa shape index (κ3) is 6.17. The smallest absolute Gasteiger partial charge is 0.339 e. The molecule has 3 aromatic carbocycles. The van der Waals surface area contributed by atoms with Crippen molar-refractivity contribution in [1.29, 1.82) is 0 Å². The highest BCUT2D eigenvalue weighted by Gasteiger charge is 2.15. The highest BCUT2D eigenvalue weighted by Crippen LogP contribution is 2.17. The molecule has 0 aliphatic rings. The molecular formula is C24H21NO6. The molecule has 0 fully saturated rings. The number of rotatable bonds is 8. The number of carbonyl (C=O) groups is 3. The summed E-state index contributed by atoms with van der Waals surface area (Å²) < 4.78 is 15.4. The van der Waals surface area contributed by atoms with Crippen LogP contribution >= 0.6 is 0 Å². The molecule has 0 saturated heterocycles. The molecule has 7 heteroatoms. The number of para-hydroxylation sites is 1. The Hall–Kier alpha value is -4.13. The van der Waals surface area contributed by atoms with Gasteiger partial charge in [0.2, 0.25) is 0 Å². The number of benzene rings is 3. The third-order valence-corrected chi connectivity index (χ3v) is 4.28. The lowest BCUT2D eigenvalue weighted by Gasteiger charge is -2.10. The van der Waals surface area contributed by atoms with Crippen LogP contribution in [0.4, 0.5) is 5.69 Å². The Morgan fingerprint density at radius 1 is 0.806 bits per heavy atom. The minimum atomic E-state index is -0.647. The van der Waals surface area contributed by atoms with Crippen LogP contribution < -0.4 is 10.1 Å². The molecule has 0 spiro atoms. The van der Waals surface area contributed by atoms with Crippen molar-refractivity contribution in [2.24, 2.45) is 0 Å². The van der Waals surface area contributed by atoms with Gasteiger partial charge in [0.25, 0.3) is 5.91 Å². The number of nitrogens with one attached hydrogen (secondary N) is 1. The number of anilines is 1. The number of amides is 1. The van der Waals surface area contributed by atoms with Crippen molar-refractivity contribution in [3.05, 3.63) is 95.6 Å². The van der Waals surface area contributed by atoms with Crippen LogP contribution in [-0.2, 0) is 20.9 Å². The van der Waals surface area contributed by atoms with Crippen LogP contribution in [-0.4, -0.2) is 31.6 Å². The maximum atomic E-state index is 12.2. The van der Waals surface area contributed by atoms with Gasteiger partial charge in [-0.3, -0.25) is 4.79 Å². The molecule has 0 radical (unpaired) electrons. The molecule has 158 valence electrons. The van der Waals surface area contributed by atoms with Crippen molar-refractivity contribution in [3.8, 4) is 5.75 Å². The Bertz CT molecular complexity index is 1050. The van der Waals surface area contributed by atoms with E-state index in [-0.39, 0.29) is 16.8 Å². The molecule has 0 bridgehead atoms. The number of hydrogen-bond donors (Lipinski definition) is 1. The SMILES string of the molecule is COC(=O)c1ccccc1NC(=O)COC(=O)c1ccc(OCc2ccccc2)cc1. The van der Waals surface area contributed by atoms with Gasteiger partial charge in [-0.15, -0.1) is 0 Å². The molecule has 0 saturated carbocycles. The first-order chi connectivity index (χ1) is 15.1. The molecule has 3 aromatic rings. The molecule has 0 atom stereocenters. The fourth-order valence-electron chi connectivity index (χ4n) is 2.71. The largest absolute Gasteiger partial charge is 0.489 e. The second kappa shape index (κ2) is 10.6.